The Morgan fingerprint density at radius 3 is 2.53 bits per heavy atom. The lowest BCUT2D eigenvalue weighted by molar-refractivity contribution is -0.119. The maximum absolute atomic E-state index is 11.2. The van der Waals surface area contributed by atoms with Crippen molar-refractivity contribution >= 4 is 5.91 Å². The monoisotopic (exact) mass is 237 g/mol. The highest BCUT2D eigenvalue weighted by molar-refractivity contribution is 5.78. The van der Waals surface area contributed by atoms with Crippen LogP contribution in [-0.4, -0.2) is 48.6 Å². The molecule has 3 heterocycles. The van der Waals surface area contributed by atoms with Crippen LogP contribution in [0.4, 0.5) is 0 Å². The molecule has 3 rings (SSSR count). The minimum atomic E-state index is 0.230. The maximum atomic E-state index is 11.2. The second-order valence-electron chi connectivity index (χ2n) is 6.01. The molecule has 0 aromatic rings. The SMILES string of the molecule is CN(CC1CCC(=O)N1)C1CC2CCC(C1)N2. The number of carbonyl (C=O) groups is 1. The molecular weight excluding hydrogens is 214 g/mol. The van der Waals surface area contributed by atoms with Gasteiger partial charge in [0.15, 0.2) is 0 Å². The average Bonchev–Trinajstić information content (AvgIpc) is 2.85. The minimum Gasteiger partial charge on any atom is -0.352 e. The predicted molar refractivity (Wildman–Crippen MR) is 66.8 cm³/mol. The van der Waals surface area contributed by atoms with E-state index in [1.807, 2.05) is 0 Å². The van der Waals surface area contributed by atoms with E-state index in [2.05, 4.69) is 22.6 Å². The molecule has 3 aliphatic heterocycles. The number of fused-ring (bicyclic) bond motifs is 2. The zero-order valence-corrected chi connectivity index (χ0v) is 10.6. The molecule has 0 saturated carbocycles. The molecule has 0 radical (unpaired) electrons. The molecule has 17 heavy (non-hydrogen) atoms. The van der Waals surface area contributed by atoms with Crippen LogP contribution in [0.3, 0.4) is 0 Å². The van der Waals surface area contributed by atoms with Crippen molar-refractivity contribution in [3.63, 3.8) is 0 Å². The van der Waals surface area contributed by atoms with Gasteiger partial charge in [0.1, 0.15) is 0 Å². The van der Waals surface area contributed by atoms with Crippen molar-refractivity contribution in [3.8, 4) is 0 Å². The molecule has 3 unspecified atom stereocenters. The van der Waals surface area contributed by atoms with Crippen molar-refractivity contribution in [2.75, 3.05) is 13.6 Å². The highest BCUT2D eigenvalue weighted by Crippen LogP contribution is 2.29. The molecule has 3 fully saturated rings. The van der Waals surface area contributed by atoms with Gasteiger partial charge in [-0.25, -0.2) is 0 Å². The molecular formula is C13H23N3O. The van der Waals surface area contributed by atoms with Gasteiger partial charge in [0.25, 0.3) is 0 Å². The molecule has 4 nitrogen and oxygen atoms in total. The van der Waals surface area contributed by atoms with Crippen LogP contribution < -0.4 is 10.6 Å². The first-order valence-corrected chi connectivity index (χ1v) is 6.96. The fraction of sp³-hybridized carbons (Fsp3) is 0.923. The van der Waals surface area contributed by atoms with Crippen molar-refractivity contribution < 1.29 is 4.79 Å². The smallest absolute Gasteiger partial charge is 0.220 e. The van der Waals surface area contributed by atoms with Crippen LogP contribution in [0.5, 0.6) is 0 Å². The average molecular weight is 237 g/mol. The highest BCUT2D eigenvalue weighted by Gasteiger charge is 2.35. The Balaban J connectivity index is 1.52. The van der Waals surface area contributed by atoms with E-state index in [0.717, 1.165) is 31.5 Å². The van der Waals surface area contributed by atoms with E-state index in [-0.39, 0.29) is 5.91 Å². The van der Waals surface area contributed by atoms with Crippen LogP contribution in [0.15, 0.2) is 0 Å². The number of nitrogens with one attached hydrogen (secondary N) is 2. The molecule has 3 aliphatic rings. The number of rotatable bonds is 3. The molecule has 2 bridgehead atoms. The Kier molecular flexibility index (Phi) is 3.09. The van der Waals surface area contributed by atoms with Crippen LogP contribution in [0, 0.1) is 0 Å². The van der Waals surface area contributed by atoms with Crippen LogP contribution in [0.1, 0.15) is 38.5 Å². The lowest BCUT2D eigenvalue weighted by atomic mass is 9.98. The quantitative estimate of drug-likeness (QED) is 0.750. The van der Waals surface area contributed by atoms with Gasteiger partial charge in [-0.15, -0.1) is 0 Å². The lowest BCUT2D eigenvalue weighted by Crippen LogP contribution is -2.49. The van der Waals surface area contributed by atoms with Gasteiger partial charge in [-0.2, -0.15) is 0 Å². The Labute approximate surface area is 103 Å². The zero-order chi connectivity index (χ0) is 11.8. The van der Waals surface area contributed by atoms with Crippen molar-refractivity contribution in [3.05, 3.63) is 0 Å². The van der Waals surface area contributed by atoms with Crippen molar-refractivity contribution in [1.82, 2.24) is 15.5 Å². The molecule has 0 aromatic heterocycles. The van der Waals surface area contributed by atoms with Crippen molar-refractivity contribution in [2.24, 2.45) is 0 Å². The molecule has 0 spiro atoms. The van der Waals surface area contributed by atoms with E-state index >= 15 is 0 Å². The van der Waals surface area contributed by atoms with Gasteiger partial charge in [-0.05, 0) is 39.2 Å². The number of likely N-dealkylation sites (N-methyl/N-ethyl adjacent to an activating group) is 1. The van der Waals surface area contributed by atoms with Crippen molar-refractivity contribution in [1.29, 1.82) is 0 Å². The summed E-state index contributed by atoms with van der Waals surface area (Å²) in [4.78, 5) is 13.7. The standard InChI is InChI=1S/C13H23N3O/c1-16(8-11-4-5-13(17)15-11)12-6-9-2-3-10(7-12)14-9/h9-12,14H,2-8H2,1H3,(H,15,17). The summed E-state index contributed by atoms with van der Waals surface area (Å²) in [5.41, 5.74) is 0. The molecule has 96 valence electrons. The highest BCUT2D eigenvalue weighted by atomic mass is 16.1. The van der Waals surface area contributed by atoms with Gasteiger partial charge >= 0.3 is 0 Å². The van der Waals surface area contributed by atoms with Gasteiger partial charge in [-0.3, -0.25) is 4.79 Å². The van der Waals surface area contributed by atoms with Crippen molar-refractivity contribution in [2.45, 2.75) is 62.7 Å². The van der Waals surface area contributed by atoms with Crippen LogP contribution in [0.2, 0.25) is 0 Å². The largest absolute Gasteiger partial charge is 0.352 e. The second-order valence-corrected chi connectivity index (χ2v) is 6.01. The summed E-state index contributed by atoms with van der Waals surface area (Å²) in [6.07, 6.45) is 7.02. The van der Waals surface area contributed by atoms with Crippen LogP contribution in [0.25, 0.3) is 0 Å². The van der Waals surface area contributed by atoms with E-state index in [4.69, 9.17) is 0 Å². The third-order valence-corrected chi connectivity index (χ3v) is 4.66. The summed E-state index contributed by atoms with van der Waals surface area (Å²) in [7, 11) is 2.22. The molecule has 0 aromatic carbocycles. The first kappa shape index (κ1) is 11.5. The normalized spacial score (nSPS) is 40.9. The summed E-state index contributed by atoms with van der Waals surface area (Å²) in [6.45, 7) is 1.02. The number of nitrogens with zero attached hydrogens (tertiary/aromatic N) is 1. The number of hydrogen-bond donors (Lipinski definition) is 2. The fourth-order valence-corrected chi connectivity index (χ4v) is 3.70. The van der Waals surface area contributed by atoms with Crippen LogP contribution >= 0.6 is 0 Å². The van der Waals surface area contributed by atoms with Gasteiger partial charge in [-0.1, -0.05) is 0 Å². The van der Waals surface area contributed by atoms with E-state index in [0.29, 0.717) is 12.1 Å². The predicted octanol–water partition coefficient (Wildman–Crippen LogP) is 0.480. The molecule has 3 saturated heterocycles. The summed E-state index contributed by atoms with van der Waals surface area (Å²) < 4.78 is 0. The Bertz CT molecular complexity index is 295. The molecule has 4 heteroatoms. The Hall–Kier alpha value is -0.610. The lowest BCUT2D eigenvalue weighted by Gasteiger charge is -2.36. The third-order valence-electron chi connectivity index (χ3n) is 4.66. The minimum absolute atomic E-state index is 0.230. The summed E-state index contributed by atoms with van der Waals surface area (Å²) >= 11 is 0. The van der Waals surface area contributed by atoms with E-state index in [1.165, 1.54) is 25.7 Å². The fourth-order valence-electron chi connectivity index (χ4n) is 3.70. The molecule has 3 atom stereocenters. The van der Waals surface area contributed by atoms with Gasteiger partial charge in [0.2, 0.25) is 5.91 Å². The number of hydrogen-bond acceptors (Lipinski definition) is 3. The van der Waals surface area contributed by atoms with E-state index in [9.17, 15) is 4.79 Å². The molecule has 0 aliphatic carbocycles. The number of carbonyl (C=O) groups excluding carboxylic acids is 1. The molecule has 1 amide bonds. The summed E-state index contributed by atoms with van der Waals surface area (Å²) in [5.74, 6) is 0.230. The third kappa shape index (κ3) is 2.47. The topological polar surface area (TPSA) is 44.4 Å². The summed E-state index contributed by atoms with van der Waals surface area (Å²) in [6, 6.07) is 2.60. The van der Waals surface area contributed by atoms with E-state index < -0.39 is 0 Å². The second kappa shape index (κ2) is 4.58. The Morgan fingerprint density at radius 2 is 1.94 bits per heavy atom. The first-order valence-electron chi connectivity index (χ1n) is 6.96. The van der Waals surface area contributed by atoms with Crippen LogP contribution in [-0.2, 0) is 4.79 Å². The van der Waals surface area contributed by atoms with Gasteiger partial charge < -0.3 is 15.5 Å². The molecule has 2 N–H and O–H groups in total. The van der Waals surface area contributed by atoms with E-state index in [1.54, 1.807) is 0 Å². The Morgan fingerprint density at radius 1 is 1.24 bits per heavy atom. The zero-order valence-electron chi connectivity index (χ0n) is 10.6. The maximum Gasteiger partial charge on any atom is 0.220 e. The number of piperidine rings is 1. The van der Waals surface area contributed by atoms with Gasteiger partial charge in [0, 0.05) is 37.1 Å². The summed E-state index contributed by atoms with van der Waals surface area (Å²) in [5, 5.41) is 6.75. The van der Waals surface area contributed by atoms with Gasteiger partial charge in [0.05, 0.1) is 0 Å². The number of amides is 1. The first-order chi connectivity index (χ1) is 8.20.